The zero-order valence-corrected chi connectivity index (χ0v) is 40.7. The summed E-state index contributed by atoms with van der Waals surface area (Å²) in [6.07, 6.45) is -5.19. The zero-order chi connectivity index (χ0) is 47.4. The highest BCUT2D eigenvalue weighted by Gasteiger charge is 2.55. The number of esters is 2. The third-order valence-electron chi connectivity index (χ3n) is 14.2. The van der Waals surface area contributed by atoms with E-state index in [9.17, 15) is 24.6 Å². The van der Waals surface area contributed by atoms with E-state index in [1.807, 2.05) is 60.0 Å². The molecular formula is C47H79N3O13. The summed E-state index contributed by atoms with van der Waals surface area (Å²) < 4.78 is 51.7. The SMILES string of the molecule is CC[C@H]1OC(=O)[C@H](C)[C@@H](O[C@H]2C[C@@](C)(OC)[C@@H](OC(C)=O)[C@H](C)O2)[C@H](C)[C@@H](O[C@@H]2O[C@H](C)C[C@@H](N(C)Cc3ccccn3)[C@@H]2N(C)C)[C@@](C)(OC)C[C@@H](C)C(=O)[C@H](C)[C@@H](O)[C@]1(C)O. The molecule has 0 unspecified atom stereocenters. The number of aliphatic hydroxyl groups excluding tert-OH is 1. The fraction of sp³-hybridized carbons (Fsp3) is 0.830. The van der Waals surface area contributed by atoms with Gasteiger partial charge in [0.25, 0.3) is 0 Å². The predicted octanol–water partition coefficient (Wildman–Crippen LogP) is 4.55. The van der Waals surface area contributed by atoms with Gasteiger partial charge in [-0.25, -0.2) is 0 Å². The normalized spacial score (nSPS) is 42.4. The zero-order valence-electron chi connectivity index (χ0n) is 40.7. The maximum absolute atomic E-state index is 14.5. The Kier molecular flexibility index (Phi) is 18.3. The quantitative estimate of drug-likeness (QED) is 0.279. The minimum atomic E-state index is -1.98. The fourth-order valence-electron chi connectivity index (χ4n) is 10.3. The van der Waals surface area contributed by atoms with E-state index in [2.05, 4.69) is 21.8 Å². The second-order valence-electron chi connectivity index (χ2n) is 19.5. The minimum Gasteiger partial charge on any atom is -0.459 e. The van der Waals surface area contributed by atoms with E-state index < -0.39 is 102 Å². The molecule has 63 heavy (non-hydrogen) atoms. The van der Waals surface area contributed by atoms with E-state index in [4.69, 9.17) is 37.9 Å². The molecule has 16 heteroatoms. The van der Waals surface area contributed by atoms with Crippen LogP contribution in [0.15, 0.2) is 24.4 Å². The van der Waals surface area contributed by atoms with Gasteiger partial charge in [0.1, 0.15) is 23.1 Å². The molecule has 3 aliphatic heterocycles. The number of ether oxygens (including phenoxy) is 8. The summed E-state index contributed by atoms with van der Waals surface area (Å²) in [6.45, 7) is 19.5. The Morgan fingerprint density at radius 2 is 1.56 bits per heavy atom. The van der Waals surface area contributed by atoms with Crippen LogP contribution in [0.5, 0.6) is 0 Å². The summed E-state index contributed by atoms with van der Waals surface area (Å²) >= 11 is 0. The van der Waals surface area contributed by atoms with Crippen molar-refractivity contribution in [3.8, 4) is 0 Å². The Morgan fingerprint density at radius 3 is 2.11 bits per heavy atom. The standard InChI is InChI=1S/C47H79N3O13/c1-17-35-47(11,55)40(53)28(4)38(52)26(2)23-45(9,56-15)41(63-44-37(49(12)13)34(22-27(3)58-44)50(14)25-33-20-18-19-21-48-33)29(5)39(30(6)43(54)61-35)62-36-24-46(10,57-16)42(31(7)59-36)60-32(8)51/h18-21,26-31,34-37,39-42,44,53,55H,17,22-25H2,1-16H3/t26-,27-,28+,29+,30-,31+,34-,35-,36+,37+,39+,40-,41-,42+,44+,45+,46-,47-/m1/s1. The molecule has 0 aromatic carbocycles. The van der Waals surface area contributed by atoms with Crippen molar-refractivity contribution in [3.05, 3.63) is 30.1 Å². The van der Waals surface area contributed by atoms with E-state index in [0.717, 1.165) is 5.69 Å². The molecule has 3 saturated heterocycles. The number of pyridine rings is 1. The van der Waals surface area contributed by atoms with Crippen LogP contribution in [0.3, 0.4) is 0 Å². The minimum absolute atomic E-state index is 0.0463. The average Bonchev–Trinajstić information content (AvgIpc) is 3.23. The molecule has 1 aromatic heterocycles. The highest BCUT2D eigenvalue weighted by atomic mass is 16.7. The molecule has 4 rings (SSSR count). The molecule has 0 spiro atoms. The number of methoxy groups -OCH3 is 2. The molecule has 0 saturated carbocycles. The molecule has 16 nitrogen and oxygen atoms in total. The summed E-state index contributed by atoms with van der Waals surface area (Å²) in [7, 11) is 9.14. The molecule has 2 N–H and O–H groups in total. The Labute approximate surface area is 375 Å². The number of aromatic nitrogens is 1. The van der Waals surface area contributed by atoms with Gasteiger partial charge < -0.3 is 53.0 Å². The number of aliphatic hydroxyl groups is 2. The first-order chi connectivity index (χ1) is 29.3. The van der Waals surface area contributed by atoms with Gasteiger partial charge in [0.05, 0.1) is 53.8 Å². The van der Waals surface area contributed by atoms with Gasteiger partial charge in [-0.15, -0.1) is 0 Å². The number of nitrogens with zero attached hydrogens (tertiary/aromatic N) is 3. The van der Waals surface area contributed by atoms with Gasteiger partial charge in [-0.05, 0) is 94.1 Å². The van der Waals surface area contributed by atoms with Crippen molar-refractivity contribution >= 4 is 17.7 Å². The molecule has 3 aliphatic rings. The van der Waals surface area contributed by atoms with E-state index in [0.29, 0.717) is 13.0 Å². The van der Waals surface area contributed by atoms with Crippen LogP contribution in [0.1, 0.15) is 108 Å². The van der Waals surface area contributed by atoms with Crippen LogP contribution in [-0.2, 0) is 58.8 Å². The summed E-state index contributed by atoms with van der Waals surface area (Å²) in [5.74, 6) is -4.90. The number of Topliss-reactive ketones (excluding diaryl/α,β-unsaturated/α-hetero) is 1. The van der Waals surface area contributed by atoms with Crippen LogP contribution < -0.4 is 0 Å². The lowest BCUT2D eigenvalue weighted by molar-refractivity contribution is -0.315. The number of likely N-dealkylation sites (N-methyl/N-ethyl adjacent to an activating group) is 2. The first-order valence-electron chi connectivity index (χ1n) is 22.7. The first-order valence-corrected chi connectivity index (χ1v) is 22.7. The number of carbonyl (C=O) groups is 3. The Morgan fingerprint density at radius 1 is 0.921 bits per heavy atom. The fourth-order valence-corrected chi connectivity index (χ4v) is 10.3. The molecule has 3 fully saturated rings. The van der Waals surface area contributed by atoms with Gasteiger partial charge in [-0.2, -0.15) is 0 Å². The van der Waals surface area contributed by atoms with Gasteiger partial charge in [-0.3, -0.25) is 24.3 Å². The van der Waals surface area contributed by atoms with Crippen molar-refractivity contribution in [3.63, 3.8) is 0 Å². The lowest BCUT2D eigenvalue weighted by atomic mass is 9.73. The smallest absolute Gasteiger partial charge is 0.311 e. The highest BCUT2D eigenvalue weighted by Crippen LogP contribution is 2.42. The largest absolute Gasteiger partial charge is 0.459 e. The molecule has 4 heterocycles. The number of hydrogen-bond donors (Lipinski definition) is 2. The van der Waals surface area contributed by atoms with E-state index >= 15 is 0 Å². The number of rotatable bonds is 12. The van der Waals surface area contributed by atoms with Crippen LogP contribution in [0, 0.1) is 23.7 Å². The second-order valence-corrected chi connectivity index (χ2v) is 19.5. The van der Waals surface area contributed by atoms with Crippen molar-refractivity contribution in [1.29, 1.82) is 0 Å². The monoisotopic (exact) mass is 894 g/mol. The maximum atomic E-state index is 14.5. The second kappa shape index (κ2) is 21.8. The van der Waals surface area contributed by atoms with Gasteiger partial charge >= 0.3 is 11.9 Å². The lowest BCUT2D eigenvalue weighted by Crippen LogP contribution is -2.64. The van der Waals surface area contributed by atoms with Crippen molar-refractivity contribution in [1.82, 2.24) is 14.8 Å². The van der Waals surface area contributed by atoms with E-state index in [1.54, 1.807) is 47.9 Å². The number of ketones is 1. The molecule has 0 radical (unpaired) electrons. The molecule has 360 valence electrons. The number of carbonyl (C=O) groups excluding carboxylic acids is 3. The lowest BCUT2D eigenvalue weighted by Gasteiger charge is -2.51. The summed E-state index contributed by atoms with van der Waals surface area (Å²) in [5.41, 5.74) is -3.32. The number of hydrogen-bond acceptors (Lipinski definition) is 16. The van der Waals surface area contributed by atoms with Crippen LogP contribution in [-0.4, -0.2) is 162 Å². The maximum Gasteiger partial charge on any atom is 0.311 e. The average molecular weight is 894 g/mol. The molecular weight excluding hydrogens is 815 g/mol. The summed E-state index contributed by atoms with van der Waals surface area (Å²) in [6, 6.07) is 5.51. The van der Waals surface area contributed by atoms with Crippen LogP contribution in [0.2, 0.25) is 0 Å². The van der Waals surface area contributed by atoms with Crippen LogP contribution >= 0.6 is 0 Å². The first kappa shape index (κ1) is 53.0. The highest BCUT2D eigenvalue weighted by molar-refractivity contribution is 5.83. The van der Waals surface area contributed by atoms with E-state index in [1.165, 1.54) is 21.0 Å². The molecule has 1 aromatic rings. The summed E-state index contributed by atoms with van der Waals surface area (Å²) in [5, 5.41) is 23.5. The van der Waals surface area contributed by atoms with Crippen LogP contribution in [0.4, 0.5) is 0 Å². The van der Waals surface area contributed by atoms with Crippen LogP contribution in [0.25, 0.3) is 0 Å². The Bertz CT molecular complexity index is 1650. The van der Waals surface area contributed by atoms with Crippen molar-refractivity contribution < 1.29 is 62.5 Å². The Hall–Kier alpha value is -2.64. The topological polar surface area (TPSA) is 185 Å². The molecule has 0 aliphatic carbocycles. The van der Waals surface area contributed by atoms with Crippen molar-refractivity contribution in [2.45, 2.75) is 193 Å². The molecule has 0 amide bonds. The van der Waals surface area contributed by atoms with Gasteiger partial charge in [0, 0.05) is 64.1 Å². The summed E-state index contributed by atoms with van der Waals surface area (Å²) in [4.78, 5) is 50.0. The van der Waals surface area contributed by atoms with Gasteiger partial charge in [0.15, 0.2) is 18.7 Å². The van der Waals surface area contributed by atoms with Crippen molar-refractivity contribution in [2.24, 2.45) is 23.7 Å². The predicted molar refractivity (Wildman–Crippen MR) is 234 cm³/mol. The van der Waals surface area contributed by atoms with Gasteiger partial charge in [0.2, 0.25) is 0 Å². The molecule has 18 atom stereocenters. The third-order valence-corrected chi connectivity index (χ3v) is 14.2. The third kappa shape index (κ3) is 12.0. The Balaban J connectivity index is 1.88. The van der Waals surface area contributed by atoms with Gasteiger partial charge in [-0.1, -0.05) is 33.8 Å². The van der Waals surface area contributed by atoms with E-state index in [-0.39, 0.29) is 43.2 Å². The van der Waals surface area contributed by atoms with Crippen molar-refractivity contribution in [2.75, 3.05) is 35.4 Å². The molecule has 0 bridgehead atoms. The number of cyclic esters (lactones) is 1.